The van der Waals surface area contributed by atoms with Gasteiger partial charge in [0.25, 0.3) is 0 Å². The summed E-state index contributed by atoms with van der Waals surface area (Å²) in [6.45, 7) is 4.95. The number of nitriles is 1. The first-order valence-corrected chi connectivity index (χ1v) is 2.27. The van der Waals surface area contributed by atoms with Crippen LogP contribution in [0.3, 0.4) is 0 Å². The van der Waals surface area contributed by atoms with Gasteiger partial charge in [-0.05, 0) is 6.42 Å². The summed E-state index contributed by atoms with van der Waals surface area (Å²) in [5.74, 6) is 0. The number of hydrogen-bond donors (Lipinski definition) is 0. The van der Waals surface area contributed by atoms with Crippen molar-refractivity contribution < 1.29 is 0 Å². The molecule has 0 aromatic carbocycles. The van der Waals surface area contributed by atoms with E-state index < -0.39 is 0 Å². The van der Waals surface area contributed by atoms with Crippen LogP contribution < -0.4 is 0 Å². The van der Waals surface area contributed by atoms with E-state index in [9.17, 15) is 0 Å². The third-order valence-electron chi connectivity index (χ3n) is 0.655. The van der Waals surface area contributed by atoms with Gasteiger partial charge in [-0.15, -0.1) is 5.10 Å². The van der Waals surface area contributed by atoms with Gasteiger partial charge in [0.2, 0.25) is 0 Å². The molecule has 0 radical (unpaired) electrons. The van der Waals surface area contributed by atoms with Gasteiger partial charge in [-0.25, -0.2) is 0 Å². The predicted octanol–water partition coefficient (Wildman–Crippen LogP) is 0.977. The van der Waals surface area contributed by atoms with Gasteiger partial charge >= 0.3 is 0 Å². The summed E-state index contributed by atoms with van der Waals surface area (Å²) >= 11 is 0. The molecule has 0 atom stereocenters. The van der Waals surface area contributed by atoms with Gasteiger partial charge in [-0.3, -0.25) is 0 Å². The number of hydrogen-bond acceptors (Lipinski definition) is 3. The largest absolute Gasteiger partial charge is 0.191 e. The third-order valence-corrected chi connectivity index (χ3v) is 0.655. The summed E-state index contributed by atoms with van der Waals surface area (Å²) in [4.78, 5) is 0. The average Bonchev–Trinajstić information content (AvgIpc) is 1.83. The van der Waals surface area contributed by atoms with Crippen molar-refractivity contribution in [2.24, 2.45) is 10.2 Å². The molecular formula is C5H7N3. The lowest BCUT2D eigenvalue weighted by Crippen LogP contribution is -1.87. The van der Waals surface area contributed by atoms with Gasteiger partial charge in [-0.1, -0.05) is 6.92 Å². The Labute approximate surface area is 48.4 Å². The summed E-state index contributed by atoms with van der Waals surface area (Å²) in [5, 5.41) is 14.8. The highest BCUT2D eigenvalue weighted by atomic mass is 15.2. The Bertz CT molecular complexity index is 140. The van der Waals surface area contributed by atoms with Crippen molar-refractivity contribution in [3.8, 4) is 6.07 Å². The lowest BCUT2D eigenvalue weighted by molar-refractivity contribution is 1.19. The zero-order chi connectivity index (χ0) is 6.41. The lowest BCUT2D eigenvalue weighted by atomic mass is 10.3. The fourth-order valence-electron chi connectivity index (χ4n) is 0.257. The van der Waals surface area contributed by atoms with Crippen LogP contribution in [0, 0.1) is 11.3 Å². The van der Waals surface area contributed by atoms with Gasteiger partial charge in [0.1, 0.15) is 11.8 Å². The summed E-state index contributed by atoms with van der Waals surface area (Å²) in [6.07, 6.45) is 0.621. The minimum Gasteiger partial charge on any atom is -0.191 e. The Hall–Kier alpha value is -1.17. The van der Waals surface area contributed by atoms with Crippen molar-refractivity contribution in [1.29, 1.82) is 5.26 Å². The van der Waals surface area contributed by atoms with E-state index >= 15 is 0 Å². The van der Waals surface area contributed by atoms with Gasteiger partial charge < -0.3 is 0 Å². The second-order valence-electron chi connectivity index (χ2n) is 1.15. The minimum absolute atomic E-state index is 0.417. The molecule has 0 aromatic heterocycles. The zero-order valence-electron chi connectivity index (χ0n) is 4.76. The monoisotopic (exact) mass is 109 g/mol. The first-order chi connectivity index (χ1) is 3.85. The van der Waals surface area contributed by atoms with Crippen molar-refractivity contribution in [1.82, 2.24) is 0 Å². The van der Waals surface area contributed by atoms with E-state index in [-0.39, 0.29) is 0 Å². The molecule has 0 amide bonds. The van der Waals surface area contributed by atoms with Gasteiger partial charge in [0.05, 0.1) is 0 Å². The molecule has 0 spiro atoms. The summed E-state index contributed by atoms with van der Waals surface area (Å²) in [6, 6.07) is 1.87. The van der Waals surface area contributed by atoms with Gasteiger partial charge in [0, 0.05) is 6.72 Å². The summed E-state index contributed by atoms with van der Waals surface area (Å²) in [7, 11) is 0. The molecule has 0 aliphatic rings. The molecule has 3 heteroatoms. The van der Waals surface area contributed by atoms with Crippen molar-refractivity contribution in [2.45, 2.75) is 13.3 Å². The van der Waals surface area contributed by atoms with E-state index in [2.05, 4.69) is 16.9 Å². The van der Waals surface area contributed by atoms with Crippen LogP contribution >= 0.6 is 0 Å². The maximum Gasteiger partial charge on any atom is 0.140 e. The normalized spacial score (nSPS) is 10.2. The molecular weight excluding hydrogens is 102 g/mol. The molecule has 0 saturated carbocycles. The maximum absolute atomic E-state index is 8.19. The molecule has 42 valence electrons. The fraction of sp³-hybridized carbons (Fsp3) is 0.400. The van der Waals surface area contributed by atoms with E-state index in [1.807, 2.05) is 13.0 Å². The SMILES string of the molecule is C=N/N=C(/C#N)CC. The highest BCUT2D eigenvalue weighted by molar-refractivity contribution is 5.98. The molecule has 0 aromatic rings. The van der Waals surface area contributed by atoms with Crippen LogP contribution in [0.2, 0.25) is 0 Å². The van der Waals surface area contributed by atoms with E-state index in [4.69, 9.17) is 5.26 Å². The second-order valence-corrected chi connectivity index (χ2v) is 1.15. The van der Waals surface area contributed by atoms with E-state index in [0.717, 1.165) is 0 Å². The number of rotatable bonds is 2. The van der Waals surface area contributed by atoms with Crippen LogP contribution in [0.15, 0.2) is 10.2 Å². The van der Waals surface area contributed by atoms with Crippen molar-refractivity contribution >= 4 is 12.4 Å². The molecule has 0 heterocycles. The quantitative estimate of drug-likeness (QED) is 0.385. The molecule has 0 bridgehead atoms. The standard InChI is InChI=1S/C5H7N3/c1-3-5(4-6)8-7-2/h2-3H2,1H3/b8-5+. The minimum atomic E-state index is 0.417. The van der Waals surface area contributed by atoms with E-state index in [1.54, 1.807) is 0 Å². The van der Waals surface area contributed by atoms with Crippen molar-refractivity contribution in [3.05, 3.63) is 0 Å². The third kappa shape index (κ3) is 2.08. The lowest BCUT2D eigenvalue weighted by Gasteiger charge is -1.80. The van der Waals surface area contributed by atoms with Crippen LogP contribution in [0.1, 0.15) is 13.3 Å². The summed E-state index contributed by atoms with van der Waals surface area (Å²) in [5.41, 5.74) is 0.417. The van der Waals surface area contributed by atoms with Gasteiger partial charge in [-0.2, -0.15) is 10.4 Å². The highest BCUT2D eigenvalue weighted by Crippen LogP contribution is 1.82. The fourth-order valence-corrected chi connectivity index (χ4v) is 0.257. The van der Waals surface area contributed by atoms with Gasteiger partial charge in [0.15, 0.2) is 0 Å². The molecule has 8 heavy (non-hydrogen) atoms. The first-order valence-electron chi connectivity index (χ1n) is 2.27. The Kier molecular flexibility index (Phi) is 3.42. The predicted molar refractivity (Wildman–Crippen MR) is 32.9 cm³/mol. The first kappa shape index (κ1) is 6.83. The molecule has 0 aliphatic carbocycles. The zero-order valence-corrected chi connectivity index (χ0v) is 4.76. The maximum atomic E-state index is 8.19. The molecule has 0 rings (SSSR count). The summed E-state index contributed by atoms with van der Waals surface area (Å²) < 4.78 is 0. The highest BCUT2D eigenvalue weighted by Gasteiger charge is 1.87. The topological polar surface area (TPSA) is 48.5 Å². The Morgan fingerprint density at radius 1 is 1.88 bits per heavy atom. The van der Waals surface area contributed by atoms with Crippen LogP contribution in [0.4, 0.5) is 0 Å². The van der Waals surface area contributed by atoms with E-state index in [0.29, 0.717) is 12.1 Å². The molecule has 0 N–H and O–H groups in total. The van der Waals surface area contributed by atoms with Crippen molar-refractivity contribution in [2.75, 3.05) is 0 Å². The second kappa shape index (κ2) is 4.00. The smallest absolute Gasteiger partial charge is 0.140 e. The van der Waals surface area contributed by atoms with Crippen LogP contribution in [-0.2, 0) is 0 Å². The molecule has 0 fully saturated rings. The molecule has 0 unspecified atom stereocenters. The Morgan fingerprint density at radius 2 is 2.50 bits per heavy atom. The molecule has 0 aliphatic heterocycles. The van der Waals surface area contributed by atoms with Crippen LogP contribution in [0.25, 0.3) is 0 Å². The molecule has 0 saturated heterocycles. The molecule has 3 nitrogen and oxygen atoms in total. The Morgan fingerprint density at radius 3 is 2.62 bits per heavy atom. The number of nitrogens with zero attached hydrogens (tertiary/aromatic N) is 3. The average molecular weight is 109 g/mol. The van der Waals surface area contributed by atoms with Crippen molar-refractivity contribution in [3.63, 3.8) is 0 Å². The Balaban J connectivity index is 3.91. The van der Waals surface area contributed by atoms with Crippen LogP contribution in [-0.4, -0.2) is 12.4 Å². The van der Waals surface area contributed by atoms with Crippen LogP contribution in [0.5, 0.6) is 0 Å². The van der Waals surface area contributed by atoms with E-state index in [1.165, 1.54) is 0 Å².